The van der Waals surface area contributed by atoms with E-state index < -0.39 is 0 Å². The standard InChI is InChI=1S/C15H23Br/c1-11-6-8-13(9-7-11)14(16)10-12(2)15(3,4)5/h6-9,12,14H,10H2,1-5H3. The Bertz CT molecular complexity index is 318. The molecule has 90 valence electrons. The minimum Gasteiger partial charge on any atom is -0.0839 e. The van der Waals surface area contributed by atoms with Crippen LogP contribution in [0.4, 0.5) is 0 Å². The smallest absolute Gasteiger partial charge is 0.0398 e. The van der Waals surface area contributed by atoms with Gasteiger partial charge in [0.05, 0.1) is 0 Å². The molecule has 0 radical (unpaired) electrons. The van der Waals surface area contributed by atoms with Gasteiger partial charge in [0, 0.05) is 4.83 Å². The molecule has 0 amide bonds. The predicted octanol–water partition coefficient (Wildman–Crippen LogP) is 5.50. The molecule has 0 saturated carbocycles. The molecule has 0 fully saturated rings. The highest BCUT2D eigenvalue weighted by Gasteiger charge is 2.23. The predicted molar refractivity (Wildman–Crippen MR) is 76.1 cm³/mol. The van der Waals surface area contributed by atoms with E-state index in [2.05, 4.69) is 74.8 Å². The molecule has 0 nitrogen and oxygen atoms in total. The van der Waals surface area contributed by atoms with E-state index >= 15 is 0 Å². The molecule has 0 aliphatic carbocycles. The quantitative estimate of drug-likeness (QED) is 0.642. The summed E-state index contributed by atoms with van der Waals surface area (Å²) in [5.74, 6) is 0.707. The van der Waals surface area contributed by atoms with Crippen LogP contribution in [0, 0.1) is 18.3 Å². The number of halogens is 1. The first-order valence-corrected chi connectivity index (χ1v) is 6.93. The van der Waals surface area contributed by atoms with Crippen LogP contribution >= 0.6 is 15.9 Å². The molecule has 0 heterocycles. The first kappa shape index (κ1) is 13.8. The third kappa shape index (κ3) is 3.93. The summed E-state index contributed by atoms with van der Waals surface area (Å²) in [6.45, 7) is 11.4. The van der Waals surface area contributed by atoms with E-state index in [1.165, 1.54) is 17.5 Å². The Balaban J connectivity index is 2.65. The minimum atomic E-state index is 0.386. The summed E-state index contributed by atoms with van der Waals surface area (Å²) in [6.07, 6.45) is 1.19. The second-order valence-electron chi connectivity index (χ2n) is 5.88. The molecular formula is C15H23Br. The zero-order chi connectivity index (χ0) is 12.3. The van der Waals surface area contributed by atoms with E-state index in [1.54, 1.807) is 0 Å². The van der Waals surface area contributed by atoms with Gasteiger partial charge in [-0.05, 0) is 30.2 Å². The fraction of sp³-hybridized carbons (Fsp3) is 0.600. The van der Waals surface area contributed by atoms with Crippen molar-refractivity contribution in [2.24, 2.45) is 11.3 Å². The lowest BCUT2D eigenvalue weighted by atomic mass is 9.79. The van der Waals surface area contributed by atoms with Gasteiger partial charge in [0.15, 0.2) is 0 Å². The molecule has 0 N–H and O–H groups in total. The highest BCUT2D eigenvalue weighted by Crippen LogP contribution is 2.37. The van der Waals surface area contributed by atoms with Crippen LogP contribution in [0.3, 0.4) is 0 Å². The molecule has 1 aromatic carbocycles. The van der Waals surface area contributed by atoms with Crippen LogP contribution in [0.5, 0.6) is 0 Å². The van der Waals surface area contributed by atoms with Crippen molar-refractivity contribution in [3.8, 4) is 0 Å². The van der Waals surface area contributed by atoms with Crippen molar-refractivity contribution < 1.29 is 0 Å². The summed E-state index contributed by atoms with van der Waals surface area (Å²) in [5, 5.41) is 0. The maximum absolute atomic E-state index is 3.80. The SMILES string of the molecule is Cc1ccc(C(Br)CC(C)C(C)(C)C)cc1. The lowest BCUT2D eigenvalue weighted by Gasteiger charge is -2.29. The van der Waals surface area contributed by atoms with Crippen molar-refractivity contribution >= 4 is 15.9 Å². The summed E-state index contributed by atoms with van der Waals surface area (Å²) in [7, 11) is 0. The third-order valence-corrected chi connectivity index (χ3v) is 4.38. The van der Waals surface area contributed by atoms with E-state index in [-0.39, 0.29) is 0 Å². The molecule has 1 aromatic rings. The van der Waals surface area contributed by atoms with Crippen LogP contribution in [-0.4, -0.2) is 0 Å². The number of rotatable bonds is 3. The largest absolute Gasteiger partial charge is 0.0839 e. The zero-order valence-electron chi connectivity index (χ0n) is 11.0. The molecule has 1 rings (SSSR count). The fourth-order valence-corrected chi connectivity index (χ4v) is 2.44. The summed E-state index contributed by atoms with van der Waals surface area (Å²) in [4.78, 5) is 0.474. The second-order valence-corrected chi connectivity index (χ2v) is 6.99. The number of hydrogen-bond acceptors (Lipinski definition) is 0. The molecular weight excluding hydrogens is 260 g/mol. The van der Waals surface area contributed by atoms with Crippen LogP contribution in [0.1, 0.15) is 50.1 Å². The van der Waals surface area contributed by atoms with Gasteiger partial charge in [-0.25, -0.2) is 0 Å². The molecule has 0 aliphatic rings. The average Bonchev–Trinajstić information content (AvgIpc) is 2.17. The Hall–Kier alpha value is -0.300. The number of hydrogen-bond donors (Lipinski definition) is 0. The topological polar surface area (TPSA) is 0 Å². The van der Waals surface area contributed by atoms with Crippen molar-refractivity contribution in [2.45, 2.75) is 45.9 Å². The Morgan fingerprint density at radius 1 is 1.12 bits per heavy atom. The Morgan fingerprint density at radius 3 is 2.06 bits per heavy atom. The molecule has 1 heteroatoms. The van der Waals surface area contributed by atoms with Gasteiger partial charge in [-0.1, -0.05) is 73.5 Å². The highest BCUT2D eigenvalue weighted by molar-refractivity contribution is 9.09. The van der Waals surface area contributed by atoms with Gasteiger partial charge in [0.25, 0.3) is 0 Å². The number of aryl methyl sites for hydroxylation is 1. The van der Waals surface area contributed by atoms with Gasteiger partial charge in [-0.3, -0.25) is 0 Å². The Morgan fingerprint density at radius 2 is 1.62 bits per heavy atom. The summed E-state index contributed by atoms with van der Waals surface area (Å²) >= 11 is 3.80. The molecule has 2 unspecified atom stereocenters. The van der Waals surface area contributed by atoms with Crippen LogP contribution in [0.15, 0.2) is 24.3 Å². The summed E-state index contributed by atoms with van der Waals surface area (Å²) in [5.41, 5.74) is 3.10. The van der Waals surface area contributed by atoms with E-state index in [0.29, 0.717) is 16.2 Å². The molecule has 16 heavy (non-hydrogen) atoms. The van der Waals surface area contributed by atoms with Crippen LogP contribution in [-0.2, 0) is 0 Å². The highest BCUT2D eigenvalue weighted by atomic mass is 79.9. The van der Waals surface area contributed by atoms with Crippen LogP contribution < -0.4 is 0 Å². The van der Waals surface area contributed by atoms with Crippen molar-refractivity contribution in [2.75, 3.05) is 0 Å². The minimum absolute atomic E-state index is 0.386. The Labute approximate surface area is 109 Å². The third-order valence-electron chi connectivity index (χ3n) is 3.48. The number of alkyl halides is 1. The second kappa shape index (κ2) is 5.35. The van der Waals surface area contributed by atoms with Gasteiger partial charge >= 0.3 is 0 Å². The maximum atomic E-state index is 3.80. The molecule has 0 aliphatic heterocycles. The van der Waals surface area contributed by atoms with E-state index in [0.717, 1.165) is 0 Å². The normalized spacial score (nSPS) is 15.9. The average molecular weight is 283 g/mol. The molecule has 0 bridgehead atoms. The molecule has 0 aromatic heterocycles. The van der Waals surface area contributed by atoms with E-state index in [4.69, 9.17) is 0 Å². The van der Waals surface area contributed by atoms with Gasteiger partial charge < -0.3 is 0 Å². The zero-order valence-corrected chi connectivity index (χ0v) is 12.6. The van der Waals surface area contributed by atoms with Crippen LogP contribution in [0.25, 0.3) is 0 Å². The van der Waals surface area contributed by atoms with Crippen molar-refractivity contribution in [1.82, 2.24) is 0 Å². The van der Waals surface area contributed by atoms with Crippen molar-refractivity contribution in [3.63, 3.8) is 0 Å². The fourth-order valence-electron chi connectivity index (χ4n) is 1.58. The number of benzene rings is 1. The van der Waals surface area contributed by atoms with Crippen molar-refractivity contribution in [3.05, 3.63) is 35.4 Å². The summed E-state index contributed by atoms with van der Waals surface area (Å²) in [6, 6.07) is 8.82. The van der Waals surface area contributed by atoms with Gasteiger partial charge in [0.2, 0.25) is 0 Å². The van der Waals surface area contributed by atoms with Gasteiger partial charge in [0.1, 0.15) is 0 Å². The lowest BCUT2D eigenvalue weighted by molar-refractivity contribution is 0.246. The van der Waals surface area contributed by atoms with Gasteiger partial charge in [-0.2, -0.15) is 0 Å². The van der Waals surface area contributed by atoms with E-state index in [9.17, 15) is 0 Å². The summed E-state index contributed by atoms with van der Waals surface area (Å²) < 4.78 is 0. The molecule has 2 atom stereocenters. The van der Waals surface area contributed by atoms with Crippen molar-refractivity contribution in [1.29, 1.82) is 0 Å². The molecule has 0 spiro atoms. The molecule has 0 saturated heterocycles. The Kier molecular flexibility index (Phi) is 4.61. The maximum Gasteiger partial charge on any atom is 0.0398 e. The van der Waals surface area contributed by atoms with Crippen LogP contribution in [0.2, 0.25) is 0 Å². The first-order valence-electron chi connectivity index (χ1n) is 6.01. The lowest BCUT2D eigenvalue weighted by Crippen LogP contribution is -2.18. The van der Waals surface area contributed by atoms with Gasteiger partial charge in [-0.15, -0.1) is 0 Å². The first-order chi connectivity index (χ1) is 7.30. The monoisotopic (exact) mass is 282 g/mol. The van der Waals surface area contributed by atoms with E-state index in [1.807, 2.05) is 0 Å².